The number of amides is 1. The maximum absolute atomic E-state index is 12.2. The second-order valence-electron chi connectivity index (χ2n) is 6.92. The third kappa shape index (κ3) is 2.88. The van der Waals surface area contributed by atoms with E-state index in [1.165, 1.54) is 10.1 Å². The minimum Gasteiger partial charge on any atom is -0.392 e. The van der Waals surface area contributed by atoms with Crippen molar-refractivity contribution in [3.05, 3.63) is 22.6 Å². The molecule has 0 fully saturated rings. The van der Waals surface area contributed by atoms with Gasteiger partial charge in [0, 0.05) is 17.8 Å². The highest BCUT2D eigenvalue weighted by atomic mass is 32.1. The van der Waals surface area contributed by atoms with Gasteiger partial charge in [-0.3, -0.25) is 4.79 Å². The maximum atomic E-state index is 12.2. The second kappa shape index (κ2) is 5.72. The van der Waals surface area contributed by atoms with Crippen LogP contribution in [0.1, 0.15) is 41.8 Å². The number of aliphatic hydroxyl groups is 1. The monoisotopic (exact) mass is 361 g/mol. The number of ether oxygens (including phenoxy) is 1. The highest BCUT2D eigenvalue weighted by Crippen LogP contribution is 2.39. The van der Waals surface area contributed by atoms with Crippen molar-refractivity contribution < 1.29 is 14.6 Å². The van der Waals surface area contributed by atoms with E-state index in [-0.39, 0.29) is 18.0 Å². The van der Waals surface area contributed by atoms with E-state index >= 15 is 0 Å². The molecule has 132 valence electrons. The first-order valence-corrected chi connectivity index (χ1v) is 8.91. The van der Waals surface area contributed by atoms with E-state index in [9.17, 15) is 9.90 Å². The zero-order chi connectivity index (χ0) is 17.8. The quantitative estimate of drug-likeness (QED) is 0.729. The van der Waals surface area contributed by atoms with Crippen LogP contribution in [0, 0.1) is 0 Å². The van der Waals surface area contributed by atoms with Crippen LogP contribution in [0.3, 0.4) is 0 Å². The summed E-state index contributed by atoms with van der Waals surface area (Å²) in [7, 11) is 0. The molecule has 25 heavy (non-hydrogen) atoms. The molecule has 0 aromatic carbocycles. The van der Waals surface area contributed by atoms with Gasteiger partial charge >= 0.3 is 0 Å². The number of rotatable bonds is 3. The summed E-state index contributed by atoms with van der Waals surface area (Å²) in [6.45, 7) is 6.44. The van der Waals surface area contributed by atoms with Gasteiger partial charge in [0.2, 0.25) is 5.82 Å². The zero-order valence-electron chi connectivity index (χ0n) is 14.2. The first-order chi connectivity index (χ1) is 11.8. The summed E-state index contributed by atoms with van der Waals surface area (Å²) in [6, 6.07) is 0. The van der Waals surface area contributed by atoms with E-state index in [1.807, 2.05) is 0 Å². The number of hydrogen-bond donors (Lipinski definition) is 2. The topological polar surface area (TPSA) is 102 Å². The van der Waals surface area contributed by atoms with Crippen molar-refractivity contribution in [2.24, 2.45) is 0 Å². The molecule has 9 heteroatoms. The Bertz CT molecular complexity index is 975. The molecule has 0 radical (unpaired) electrons. The Labute approximate surface area is 147 Å². The van der Waals surface area contributed by atoms with Crippen LogP contribution in [0.4, 0.5) is 0 Å². The van der Waals surface area contributed by atoms with E-state index in [0.717, 1.165) is 21.5 Å². The Kier molecular flexibility index (Phi) is 3.75. The lowest BCUT2D eigenvalue weighted by Crippen LogP contribution is -2.31. The summed E-state index contributed by atoms with van der Waals surface area (Å²) in [5.74, 6) is -0.341. The molecule has 1 aliphatic rings. The normalized spacial score (nSPS) is 17.6. The molecule has 4 rings (SSSR count). The summed E-state index contributed by atoms with van der Waals surface area (Å²) in [5.41, 5.74) is 1.56. The van der Waals surface area contributed by atoms with Gasteiger partial charge in [-0.15, -0.1) is 16.4 Å². The molecular weight excluding hydrogens is 342 g/mol. The van der Waals surface area contributed by atoms with E-state index in [2.05, 4.69) is 34.2 Å². The van der Waals surface area contributed by atoms with Crippen molar-refractivity contribution in [3.8, 4) is 0 Å². The van der Waals surface area contributed by atoms with Crippen molar-refractivity contribution in [1.82, 2.24) is 24.9 Å². The highest BCUT2D eigenvalue weighted by molar-refractivity contribution is 7.19. The summed E-state index contributed by atoms with van der Waals surface area (Å²) in [4.78, 5) is 23.1. The number of thiophene rings is 1. The molecule has 0 aliphatic carbocycles. The highest BCUT2D eigenvalue weighted by Gasteiger charge is 2.31. The van der Waals surface area contributed by atoms with Crippen LogP contribution in [0.2, 0.25) is 0 Å². The van der Waals surface area contributed by atoms with Gasteiger partial charge in [0.15, 0.2) is 5.65 Å². The van der Waals surface area contributed by atoms with E-state index in [1.54, 1.807) is 24.6 Å². The number of carbonyl (C=O) groups is 1. The first kappa shape index (κ1) is 16.4. The number of fused-ring (bicyclic) bond motifs is 5. The molecule has 8 nitrogen and oxygen atoms in total. The average Bonchev–Trinajstić information content (AvgIpc) is 3.12. The Hall–Kier alpha value is -2.10. The predicted octanol–water partition coefficient (Wildman–Crippen LogP) is 1.30. The molecule has 3 aromatic rings. The molecule has 0 saturated heterocycles. The van der Waals surface area contributed by atoms with Crippen LogP contribution in [0.15, 0.2) is 6.33 Å². The van der Waals surface area contributed by atoms with Gasteiger partial charge in [-0.25, -0.2) is 14.5 Å². The van der Waals surface area contributed by atoms with Crippen LogP contribution in [0.5, 0.6) is 0 Å². The number of hydrogen-bond acceptors (Lipinski definition) is 7. The summed E-state index contributed by atoms with van der Waals surface area (Å²) < 4.78 is 7.42. The van der Waals surface area contributed by atoms with E-state index in [4.69, 9.17) is 4.74 Å². The number of aromatic nitrogens is 4. The molecule has 2 N–H and O–H groups in total. The minimum absolute atomic E-state index is 0.0706. The SMILES string of the molecule is C[C@@H](O)CNC(=O)c1nc2c3c4c(sc3ncn2n1)COC(C)(C)C4. The lowest BCUT2D eigenvalue weighted by molar-refractivity contribution is -0.0379. The molecular formula is C16H19N5O3S. The van der Waals surface area contributed by atoms with Crippen LogP contribution >= 0.6 is 11.3 Å². The van der Waals surface area contributed by atoms with E-state index in [0.29, 0.717) is 12.3 Å². The van der Waals surface area contributed by atoms with E-state index < -0.39 is 12.0 Å². The molecule has 1 atom stereocenters. The fourth-order valence-electron chi connectivity index (χ4n) is 2.96. The largest absolute Gasteiger partial charge is 0.392 e. The molecule has 1 aliphatic heterocycles. The lowest BCUT2D eigenvalue weighted by atomic mass is 9.94. The molecule has 0 unspecified atom stereocenters. The van der Waals surface area contributed by atoms with Crippen LogP contribution in [-0.2, 0) is 17.8 Å². The standard InChI is InChI=1S/C16H19N5O3S/c1-8(22)5-17-14(23)12-19-13-11-9-4-16(2,3)24-6-10(9)25-15(11)18-7-21(13)20-12/h7-8,22H,4-6H2,1-3H3,(H,17,23)/t8-/m1/s1. The van der Waals surface area contributed by atoms with Crippen molar-refractivity contribution in [2.75, 3.05) is 6.54 Å². The third-order valence-corrected chi connectivity index (χ3v) is 5.28. The fraction of sp³-hybridized carbons (Fsp3) is 0.500. The number of aliphatic hydroxyl groups excluding tert-OH is 1. The molecule has 0 bridgehead atoms. The molecule has 0 spiro atoms. The van der Waals surface area contributed by atoms with Gasteiger partial charge in [0.05, 0.1) is 23.7 Å². The zero-order valence-corrected chi connectivity index (χ0v) is 15.1. The number of carbonyl (C=O) groups excluding carboxylic acids is 1. The number of nitrogens with one attached hydrogen (secondary N) is 1. The molecule has 0 saturated carbocycles. The predicted molar refractivity (Wildman–Crippen MR) is 92.8 cm³/mol. The van der Waals surface area contributed by atoms with Crippen LogP contribution < -0.4 is 5.32 Å². The van der Waals surface area contributed by atoms with Gasteiger partial charge in [0.1, 0.15) is 11.2 Å². The van der Waals surface area contributed by atoms with Gasteiger partial charge in [-0.1, -0.05) is 0 Å². The van der Waals surface area contributed by atoms with Crippen LogP contribution in [-0.4, -0.2) is 48.8 Å². The molecule has 3 aromatic heterocycles. The summed E-state index contributed by atoms with van der Waals surface area (Å²) >= 11 is 1.60. The lowest BCUT2D eigenvalue weighted by Gasteiger charge is -2.30. The van der Waals surface area contributed by atoms with Gasteiger partial charge in [-0.05, 0) is 26.3 Å². The van der Waals surface area contributed by atoms with Crippen molar-refractivity contribution in [2.45, 2.75) is 45.5 Å². The van der Waals surface area contributed by atoms with Gasteiger partial charge in [0.25, 0.3) is 5.91 Å². The summed E-state index contributed by atoms with van der Waals surface area (Å²) in [6.07, 6.45) is 1.71. The van der Waals surface area contributed by atoms with Crippen molar-refractivity contribution >= 4 is 33.1 Å². The smallest absolute Gasteiger partial charge is 0.291 e. The van der Waals surface area contributed by atoms with Crippen molar-refractivity contribution in [1.29, 1.82) is 0 Å². The third-order valence-electron chi connectivity index (χ3n) is 4.17. The van der Waals surface area contributed by atoms with Crippen molar-refractivity contribution in [3.63, 3.8) is 0 Å². The Morgan fingerprint density at radius 1 is 1.56 bits per heavy atom. The Morgan fingerprint density at radius 2 is 2.36 bits per heavy atom. The second-order valence-corrected chi connectivity index (χ2v) is 8.00. The maximum Gasteiger partial charge on any atom is 0.291 e. The first-order valence-electron chi connectivity index (χ1n) is 8.10. The Morgan fingerprint density at radius 3 is 3.12 bits per heavy atom. The molecule has 1 amide bonds. The van der Waals surface area contributed by atoms with Crippen LogP contribution in [0.25, 0.3) is 15.9 Å². The van der Waals surface area contributed by atoms with Gasteiger partial charge in [-0.2, -0.15) is 0 Å². The fourth-order valence-corrected chi connectivity index (χ4v) is 4.02. The summed E-state index contributed by atoms with van der Waals surface area (Å²) in [5, 5.41) is 17.1. The number of nitrogens with zero attached hydrogens (tertiary/aromatic N) is 4. The minimum atomic E-state index is -0.625. The molecule has 4 heterocycles. The Balaban J connectivity index is 1.81. The van der Waals surface area contributed by atoms with Gasteiger partial charge < -0.3 is 15.2 Å². The average molecular weight is 361 g/mol.